The molecule has 2 N–H and O–H groups in total. The summed E-state index contributed by atoms with van der Waals surface area (Å²) >= 11 is 0. The van der Waals surface area contributed by atoms with Gasteiger partial charge in [0.05, 0.1) is 13.3 Å². The fourth-order valence-corrected chi connectivity index (χ4v) is 2.76. The highest BCUT2D eigenvalue weighted by Crippen LogP contribution is 2.29. The largest absolute Gasteiger partial charge is 0.493 e. The molecule has 31 heavy (non-hydrogen) atoms. The van der Waals surface area contributed by atoms with Gasteiger partial charge in [-0.2, -0.15) is 15.2 Å². The van der Waals surface area contributed by atoms with Crippen LogP contribution in [0.25, 0.3) is 0 Å². The number of nitrogens with zero attached hydrogens (tertiary/aromatic N) is 3. The molecule has 0 aliphatic heterocycles. The first-order valence-corrected chi connectivity index (χ1v) is 9.58. The number of ether oxygens (including phenoxy) is 2. The fourth-order valence-electron chi connectivity index (χ4n) is 2.76. The predicted molar refractivity (Wildman–Crippen MR) is 116 cm³/mol. The van der Waals surface area contributed by atoms with Crippen molar-refractivity contribution in [2.75, 3.05) is 12.5 Å². The number of hydrazone groups is 1. The van der Waals surface area contributed by atoms with Gasteiger partial charge in [0.1, 0.15) is 18.1 Å². The lowest BCUT2D eigenvalue weighted by molar-refractivity contribution is 0.279. The molecular formula is C22H24FN5O3. The predicted octanol–water partition coefficient (Wildman–Crippen LogP) is 3.64. The number of hydrogen-bond donors (Lipinski definition) is 2. The topological polar surface area (TPSA) is 101 Å². The Labute approximate surface area is 179 Å². The summed E-state index contributed by atoms with van der Waals surface area (Å²) in [6, 6.07) is 11.7. The molecule has 0 unspecified atom stereocenters. The zero-order chi connectivity index (χ0) is 22.4. The molecule has 9 heteroatoms. The van der Waals surface area contributed by atoms with E-state index in [0.29, 0.717) is 22.8 Å². The van der Waals surface area contributed by atoms with E-state index in [9.17, 15) is 9.18 Å². The molecule has 0 amide bonds. The van der Waals surface area contributed by atoms with Gasteiger partial charge in [-0.15, -0.1) is 0 Å². The maximum absolute atomic E-state index is 13.8. The third-order valence-electron chi connectivity index (χ3n) is 4.32. The summed E-state index contributed by atoms with van der Waals surface area (Å²) in [6.45, 7) is 5.94. The Morgan fingerprint density at radius 1 is 1.19 bits per heavy atom. The molecule has 0 atom stereocenters. The maximum atomic E-state index is 13.8. The molecule has 1 heterocycles. The summed E-state index contributed by atoms with van der Waals surface area (Å²) in [6.07, 6.45) is 1.55. The Bertz CT molecular complexity index is 1140. The second-order valence-electron chi connectivity index (χ2n) is 7.75. The molecule has 3 aromatic rings. The molecular weight excluding hydrogens is 401 g/mol. The van der Waals surface area contributed by atoms with Crippen LogP contribution < -0.4 is 20.6 Å². The Kier molecular flexibility index (Phi) is 6.64. The van der Waals surface area contributed by atoms with Crippen LogP contribution in [0.4, 0.5) is 10.2 Å². The van der Waals surface area contributed by atoms with Gasteiger partial charge in [-0.1, -0.05) is 39.0 Å². The molecule has 0 fully saturated rings. The average Bonchev–Trinajstić information content (AvgIpc) is 2.73. The van der Waals surface area contributed by atoms with Crippen molar-refractivity contribution in [3.63, 3.8) is 0 Å². The Morgan fingerprint density at radius 2 is 1.97 bits per heavy atom. The Hall–Kier alpha value is -3.75. The summed E-state index contributed by atoms with van der Waals surface area (Å²) in [5, 5.41) is 10.6. The van der Waals surface area contributed by atoms with Gasteiger partial charge in [0, 0.05) is 11.0 Å². The lowest BCUT2D eigenvalue weighted by Crippen LogP contribution is -2.24. The second-order valence-corrected chi connectivity index (χ2v) is 7.75. The molecule has 0 aliphatic carbocycles. The minimum absolute atomic E-state index is 0.0782. The van der Waals surface area contributed by atoms with Crippen molar-refractivity contribution in [1.29, 1.82) is 0 Å². The molecule has 3 rings (SSSR count). The van der Waals surface area contributed by atoms with Crippen molar-refractivity contribution >= 4 is 12.0 Å². The average molecular weight is 425 g/mol. The van der Waals surface area contributed by atoms with Gasteiger partial charge in [-0.25, -0.2) is 14.3 Å². The summed E-state index contributed by atoms with van der Waals surface area (Å²) in [5.41, 5.74) is 3.63. The van der Waals surface area contributed by atoms with Crippen molar-refractivity contribution in [3.8, 4) is 11.5 Å². The molecule has 2 aromatic carbocycles. The first-order chi connectivity index (χ1) is 14.8. The first kappa shape index (κ1) is 21.9. The zero-order valence-electron chi connectivity index (χ0n) is 17.8. The number of methoxy groups -OCH3 is 1. The van der Waals surface area contributed by atoms with Crippen molar-refractivity contribution in [2.24, 2.45) is 5.10 Å². The number of benzene rings is 2. The highest BCUT2D eigenvalue weighted by molar-refractivity contribution is 5.81. The van der Waals surface area contributed by atoms with Crippen molar-refractivity contribution in [2.45, 2.75) is 32.8 Å². The first-order valence-electron chi connectivity index (χ1n) is 9.58. The second kappa shape index (κ2) is 9.38. The fraction of sp³-hybridized carbons (Fsp3) is 0.273. The highest BCUT2D eigenvalue weighted by Gasteiger charge is 2.21. The van der Waals surface area contributed by atoms with Gasteiger partial charge >= 0.3 is 5.69 Å². The third-order valence-corrected chi connectivity index (χ3v) is 4.32. The molecule has 0 spiro atoms. The van der Waals surface area contributed by atoms with E-state index in [1.165, 1.54) is 13.2 Å². The lowest BCUT2D eigenvalue weighted by atomic mass is 9.92. The minimum Gasteiger partial charge on any atom is -0.493 e. The van der Waals surface area contributed by atoms with Crippen molar-refractivity contribution in [1.82, 2.24) is 15.2 Å². The van der Waals surface area contributed by atoms with E-state index in [-0.39, 0.29) is 23.7 Å². The van der Waals surface area contributed by atoms with Crippen LogP contribution in [-0.2, 0) is 12.0 Å². The molecule has 162 valence electrons. The van der Waals surface area contributed by atoms with Crippen molar-refractivity contribution in [3.05, 3.63) is 75.6 Å². The van der Waals surface area contributed by atoms with E-state index in [0.717, 1.165) is 5.56 Å². The van der Waals surface area contributed by atoms with E-state index in [1.54, 1.807) is 42.6 Å². The van der Waals surface area contributed by atoms with Gasteiger partial charge in [-0.05, 0) is 29.8 Å². The smallest absolute Gasteiger partial charge is 0.363 e. The molecule has 0 bridgehead atoms. The minimum atomic E-state index is -0.566. The van der Waals surface area contributed by atoms with Gasteiger partial charge in [-0.3, -0.25) is 5.43 Å². The summed E-state index contributed by atoms with van der Waals surface area (Å²) < 4.78 is 24.9. The van der Waals surface area contributed by atoms with Crippen LogP contribution in [0.2, 0.25) is 0 Å². The number of rotatable bonds is 7. The van der Waals surface area contributed by atoms with Crippen LogP contribution >= 0.6 is 0 Å². The zero-order valence-corrected chi connectivity index (χ0v) is 17.8. The summed E-state index contributed by atoms with van der Waals surface area (Å²) in [7, 11) is 1.52. The van der Waals surface area contributed by atoms with Crippen LogP contribution in [-0.4, -0.2) is 28.5 Å². The molecule has 0 radical (unpaired) electrons. The number of nitrogens with one attached hydrogen (secondary N) is 2. The van der Waals surface area contributed by atoms with E-state index < -0.39 is 5.69 Å². The SMILES string of the molecule is COc1cc(/C=N/Nc2nc(=O)[nH]nc2C(C)(C)C)ccc1OCc1ccccc1F. The summed E-state index contributed by atoms with van der Waals surface area (Å²) in [4.78, 5) is 15.4. The monoisotopic (exact) mass is 425 g/mol. The molecule has 0 aliphatic rings. The van der Waals surface area contributed by atoms with Crippen LogP contribution in [0.3, 0.4) is 0 Å². The van der Waals surface area contributed by atoms with Crippen LogP contribution in [0.15, 0.2) is 52.4 Å². The Balaban J connectivity index is 1.73. The van der Waals surface area contributed by atoms with Crippen molar-refractivity contribution < 1.29 is 13.9 Å². The van der Waals surface area contributed by atoms with E-state index in [4.69, 9.17) is 9.47 Å². The van der Waals surface area contributed by atoms with Gasteiger partial charge < -0.3 is 9.47 Å². The standard InChI is InChI=1S/C22H24FN5O3/c1-22(2,3)19-20(25-21(29)28-26-19)27-24-12-14-9-10-17(18(11-14)30-4)31-13-15-7-5-6-8-16(15)23/h5-12H,13H2,1-4H3,(H2,25,27,28,29)/b24-12+. The van der Waals surface area contributed by atoms with E-state index >= 15 is 0 Å². The number of anilines is 1. The van der Waals surface area contributed by atoms with Gasteiger partial charge in [0.15, 0.2) is 17.3 Å². The molecule has 0 saturated carbocycles. The normalized spacial score (nSPS) is 11.5. The van der Waals surface area contributed by atoms with Gasteiger partial charge in [0.2, 0.25) is 0 Å². The van der Waals surface area contributed by atoms with Crippen LogP contribution in [0, 0.1) is 5.82 Å². The number of aromatic nitrogens is 3. The molecule has 0 saturated heterocycles. The summed E-state index contributed by atoms with van der Waals surface area (Å²) in [5.74, 6) is 0.913. The highest BCUT2D eigenvalue weighted by atomic mass is 19.1. The van der Waals surface area contributed by atoms with E-state index in [2.05, 4.69) is 25.7 Å². The number of H-pyrrole nitrogens is 1. The third kappa shape index (κ3) is 5.65. The van der Waals surface area contributed by atoms with Gasteiger partial charge in [0.25, 0.3) is 0 Å². The lowest BCUT2D eigenvalue weighted by Gasteiger charge is -2.18. The van der Waals surface area contributed by atoms with E-state index in [1.807, 2.05) is 20.8 Å². The number of aromatic amines is 1. The van der Waals surface area contributed by atoms with Crippen LogP contribution in [0.1, 0.15) is 37.6 Å². The maximum Gasteiger partial charge on any atom is 0.363 e. The molecule has 8 nitrogen and oxygen atoms in total. The number of hydrogen-bond acceptors (Lipinski definition) is 7. The quantitative estimate of drug-likeness (QED) is 0.443. The van der Waals surface area contributed by atoms with Crippen LogP contribution in [0.5, 0.6) is 11.5 Å². The number of halogens is 1. The Morgan fingerprint density at radius 3 is 2.68 bits per heavy atom. The molecule has 1 aromatic heterocycles.